The van der Waals surface area contributed by atoms with Crippen LogP contribution in [0.1, 0.15) is 37.0 Å². The zero-order valence-corrected chi connectivity index (χ0v) is 12.0. The van der Waals surface area contributed by atoms with Crippen LogP contribution in [0.4, 0.5) is 0 Å². The Bertz CT molecular complexity index is 436. The van der Waals surface area contributed by atoms with Crippen molar-refractivity contribution in [1.82, 2.24) is 5.43 Å². The van der Waals surface area contributed by atoms with Gasteiger partial charge in [-0.3, -0.25) is 4.79 Å². The van der Waals surface area contributed by atoms with E-state index in [0.717, 1.165) is 6.42 Å². The van der Waals surface area contributed by atoms with E-state index in [-0.39, 0.29) is 18.3 Å². The minimum atomic E-state index is -0.321. The quantitative estimate of drug-likeness (QED) is 0.478. The number of amidine groups is 1. The van der Waals surface area contributed by atoms with Crippen LogP contribution in [0.5, 0.6) is 5.75 Å². The number of rotatable bonds is 6. The zero-order chi connectivity index (χ0) is 13.4. The molecular weight excluding hydrogens is 266 g/mol. The van der Waals surface area contributed by atoms with Crippen molar-refractivity contribution in [2.45, 2.75) is 26.7 Å². The molecule has 0 aliphatic heterocycles. The molecular formula is C13H20ClN3O2. The first-order valence-corrected chi connectivity index (χ1v) is 6.03. The number of benzene rings is 1. The van der Waals surface area contributed by atoms with Crippen LogP contribution >= 0.6 is 12.4 Å². The summed E-state index contributed by atoms with van der Waals surface area (Å²) < 4.78 is 5.37. The summed E-state index contributed by atoms with van der Waals surface area (Å²) in [6, 6.07) is 7.02. The van der Waals surface area contributed by atoms with E-state index < -0.39 is 0 Å². The first-order valence-electron chi connectivity index (χ1n) is 6.03. The number of nitrogens with one attached hydrogen (secondary N) is 1. The minimum Gasteiger partial charge on any atom is -0.493 e. The van der Waals surface area contributed by atoms with Gasteiger partial charge in [-0.05, 0) is 25.5 Å². The molecule has 1 rings (SSSR count). The minimum absolute atomic E-state index is 0. The van der Waals surface area contributed by atoms with Gasteiger partial charge in [0.1, 0.15) is 11.6 Å². The molecule has 0 saturated carbocycles. The molecule has 0 aromatic heterocycles. The highest BCUT2D eigenvalue weighted by atomic mass is 35.5. The molecule has 106 valence electrons. The number of carbonyl (C=O) groups excluding carboxylic acids is 1. The van der Waals surface area contributed by atoms with E-state index >= 15 is 0 Å². The number of hydrazone groups is 1. The third kappa shape index (κ3) is 5.61. The number of hydrogen-bond acceptors (Lipinski definition) is 3. The van der Waals surface area contributed by atoms with Gasteiger partial charge < -0.3 is 10.5 Å². The van der Waals surface area contributed by atoms with Gasteiger partial charge in [-0.2, -0.15) is 5.10 Å². The van der Waals surface area contributed by atoms with Crippen molar-refractivity contribution in [3.63, 3.8) is 0 Å². The standard InChI is InChI=1S/C13H19N3O2.ClH/c1-3-7-12(14)15-16-13(17)10-8-5-6-9-11(10)18-4-2;/h5-6,8-9H,3-4,7H2,1-2H3,(H2,14,15)(H,16,17);1H. The van der Waals surface area contributed by atoms with E-state index in [0.29, 0.717) is 30.2 Å². The number of nitrogens with zero attached hydrogens (tertiary/aromatic N) is 1. The van der Waals surface area contributed by atoms with Crippen molar-refractivity contribution < 1.29 is 9.53 Å². The molecule has 0 unspecified atom stereocenters. The van der Waals surface area contributed by atoms with Crippen LogP contribution in [0, 0.1) is 0 Å². The number of halogens is 1. The summed E-state index contributed by atoms with van der Waals surface area (Å²) in [7, 11) is 0. The molecule has 1 aromatic rings. The predicted octanol–water partition coefficient (Wildman–Crippen LogP) is 2.31. The Morgan fingerprint density at radius 2 is 2.05 bits per heavy atom. The van der Waals surface area contributed by atoms with Crippen molar-refractivity contribution in [3.05, 3.63) is 29.8 Å². The molecule has 0 radical (unpaired) electrons. The molecule has 0 saturated heterocycles. The van der Waals surface area contributed by atoms with Crippen LogP contribution in [0.15, 0.2) is 29.4 Å². The van der Waals surface area contributed by atoms with Gasteiger partial charge in [0.25, 0.3) is 5.91 Å². The fraction of sp³-hybridized carbons (Fsp3) is 0.385. The van der Waals surface area contributed by atoms with Crippen molar-refractivity contribution in [1.29, 1.82) is 0 Å². The average molecular weight is 286 g/mol. The van der Waals surface area contributed by atoms with Crippen LogP contribution in [-0.2, 0) is 0 Å². The van der Waals surface area contributed by atoms with Crippen LogP contribution in [0.25, 0.3) is 0 Å². The average Bonchev–Trinajstić information content (AvgIpc) is 2.37. The molecule has 6 heteroatoms. The molecule has 0 bridgehead atoms. The van der Waals surface area contributed by atoms with E-state index in [9.17, 15) is 4.79 Å². The fourth-order valence-corrected chi connectivity index (χ4v) is 1.43. The predicted molar refractivity (Wildman–Crippen MR) is 78.9 cm³/mol. The number of amides is 1. The Morgan fingerprint density at radius 3 is 2.68 bits per heavy atom. The number of nitrogens with two attached hydrogens (primary N) is 1. The molecule has 0 aliphatic carbocycles. The molecule has 3 N–H and O–H groups in total. The number of ether oxygens (including phenoxy) is 1. The lowest BCUT2D eigenvalue weighted by Crippen LogP contribution is -2.23. The van der Waals surface area contributed by atoms with Crippen molar-refractivity contribution in [2.75, 3.05) is 6.61 Å². The lowest BCUT2D eigenvalue weighted by atomic mass is 10.2. The van der Waals surface area contributed by atoms with Crippen LogP contribution < -0.4 is 15.9 Å². The number of para-hydroxylation sites is 1. The molecule has 0 aliphatic rings. The van der Waals surface area contributed by atoms with E-state index in [1.165, 1.54) is 0 Å². The van der Waals surface area contributed by atoms with Gasteiger partial charge in [-0.15, -0.1) is 12.4 Å². The van der Waals surface area contributed by atoms with Crippen molar-refractivity contribution in [3.8, 4) is 5.75 Å². The van der Waals surface area contributed by atoms with Gasteiger partial charge in [-0.1, -0.05) is 19.1 Å². The second-order valence-corrected chi connectivity index (χ2v) is 3.72. The smallest absolute Gasteiger partial charge is 0.275 e. The summed E-state index contributed by atoms with van der Waals surface area (Å²) in [5, 5.41) is 3.83. The number of hydrogen-bond donors (Lipinski definition) is 2. The Hall–Kier alpha value is -1.75. The summed E-state index contributed by atoms with van der Waals surface area (Å²) in [4.78, 5) is 11.9. The lowest BCUT2D eigenvalue weighted by Gasteiger charge is -2.08. The molecule has 0 atom stereocenters. The van der Waals surface area contributed by atoms with Gasteiger partial charge in [0.2, 0.25) is 0 Å². The Labute approximate surface area is 119 Å². The SMILES string of the molecule is CCC/C(N)=N/NC(=O)c1ccccc1OCC.Cl. The number of carbonyl (C=O) groups is 1. The molecule has 1 amide bonds. The van der Waals surface area contributed by atoms with Gasteiger partial charge in [-0.25, -0.2) is 5.43 Å². The normalized spacial score (nSPS) is 10.5. The maximum absolute atomic E-state index is 11.9. The summed E-state index contributed by atoms with van der Waals surface area (Å²) in [6.07, 6.45) is 1.55. The van der Waals surface area contributed by atoms with Gasteiger partial charge in [0.15, 0.2) is 0 Å². The van der Waals surface area contributed by atoms with Crippen LogP contribution in [-0.4, -0.2) is 18.3 Å². The van der Waals surface area contributed by atoms with E-state index in [4.69, 9.17) is 10.5 Å². The molecule has 0 spiro atoms. The topological polar surface area (TPSA) is 76.7 Å². The lowest BCUT2D eigenvalue weighted by molar-refractivity contribution is 0.0951. The highest BCUT2D eigenvalue weighted by molar-refractivity contribution is 5.97. The van der Waals surface area contributed by atoms with Gasteiger partial charge in [0.05, 0.1) is 12.2 Å². The highest BCUT2D eigenvalue weighted by Crippen LogP contribution is 2.17. The molecule has 1 aromatic carbocycles. The second kappa shape index (κ2) is 9.22. The maximum atomic E-state index is 11.9. The fourth-order valence-electron chi connectivity index (χ4n) is 1.43. The van der Waals surface area contributed by atoms with Gasteiger partial charge in [0, 0.05) is 6.42 Å². The van der Waals surface area contributed by atoms with E-state index in [1.807, 2.05) is 19.9 Å². The first kappa shape index (κ1) is 17.2. The third-order valence-electron chi connectivity index (χ3n) is 2.24. The maximum Gasteiger partial charge on any atom is 0.275 e. The van der Waals surface area contributed by atoms with Crippen molar-refractivity contribution in [2.24, 2.45) is 10.8 Å². The van der Waals surface area contributed by atoms with Crippen LogP contribution in [0.3, 0.4) is 0 Å². The zero-order valence-electron chi connectivity index (χ0n) is 11.2. The van der Waals surface area contributed by atoms with Gasteiger partial charge >= 0.3 is 0 Å². The van der Waals surface area contributed by atoms with E-state index in [2.05, 4.69) is 10.5 Å². The second-order valence-electron chi connectivity index (χ2n) is 3.72. The van der Waals surface area contributed by atoms with E-state index in [1.54, 1.807) is 18.2 Å². The molecule has 19 heavy (non-hydrogen) atoms. The Balaban J connectivity index is 0.00000324. The Kier molecular flexibility index (Phi) is 8.37. The van der Waals surface area contributed by atoms with Crippen molar-refractivity contribution >= 4 is 24.1 Å². The summed E-state index contributed by atoms with van der Waals surface area (Å²) in [5.74, 6) is 0.639. The molecule has 5 nitrogen and oxygen atoms in total. The molecule has 0 heterocycles. The summed E-state index contributed by atoms with van der Waals surface area (Å²) in [5.41, 5.74) is 8.49. The summed E-state index contributed by atoms with van der Waals surface area (Å²) >= 11 is 0. The monoisotopic (exact) mass is 285 g/mol. The molecule has 0 fully saturated rings. The largest absolute Gasteiger partial charge is 0.493 e. The first-order chi connectivity index (χ1) is 8.69. The van der Waals surface area contributed by atoms with Crippen LogP contribution in [0.2, 0.25) is 0 Å². The summed E-state index contributed by atoms with van der Waals surface area (Å²) in [6.45, 7) is 4.37. The Morgan fingerprint density at radius 1 is 1.37 bits per heavy atom. The highest BCUT2D eigenvalue weighted by Gasteiger charge is 2.10. The third-order valence-corrected chi connectivity index (χ3v) is 2.24.